The van der Waals surface area contributed by atoms with E-state index >= 15 is 0 Å². The monoisotopic (exact) mass is 356 g/mol. The number of benzene rings is 1. The first-order valence-corrected chi connectivity index (χ1v) is 9.66. The first kappa shape index (κ1) is 15.1. The van der Waals surface area contributed by atoms with Gasteiger partial charge in [-0.25, -0.2) is 0 Å². The van der Waals surface area contributed by atoms with Crippen LogP contribution in [0.4, 0.5) is 5.00 Å². The van der Waals surface area contributed by atoms with Gasteiger partial charge >= 0.3 is 0 Å². The second-order valence-corrected chi connectivity index (χ2v) is 7.99. The van der Waals surface area contributed by atoms with E-state index in [0.717, 1.165) is 46.4 Å². The van der Waals surface area contributed by atoms with Gasteiger partial charge in [0.1, 0.15) is 11.2 Å². The third kappa shape index (κ3) is 2.39. The van der Waals surface area contributed by atoms with Crippen LogP contribution in [0.1, 0.15) is 52.3 Å². The van der Waals surface area contributed by atoms with E-state index in [1.165, 1.54) is 23.3 Å². The molecule has 0 saturated heterocycles. The van der Waals surface area contributed by atoms with Crippen LogP contribution in [0.5, 0.6) is 11.5 Å². The number of carbonyl (C=O) groups excluding carboxylic acids is 1. The zero-order valence-corrected chi connectivity index (χ0v) is 14.9. The van der Waals surface area contributed by atoms with Crippen LogP contribution < -0.4 is 20.1 Å². The zero-order valence-electron chi connectivity index (χ0n) is 14.1. The van der Waals surface area contributed by atoms with Gasteiger partial charge in [0.25, 0.3) is 5.91 Å². The van der Waals surface area contributed by atoms with E-state index in [1.807, 2.05) is 18.2 Å². The van der Waals surface area contributed by atoms with Gasteiger partial charge in [0, 0.05) is 4.88 Å². The van der Waals surface area contributed by atoms with E-state index in [4.69, 9.17) is 9.47 Å². The fourth-order valence-electron chi connectivity index (χ4n) is 3.97. The molecule has 2 N–H and O–H groups in total. The Balaban J connectivity index is 1.47. The van der Waals surface area contributed by atoms with Gasteiger partial charge in [-0.05, 0) is 48.4 Å². The highest BCUT2D eigenvalue weighted by molar-refractivity contribution is 7.16. The van der Waals surface area contributed by atoms with Gasteiger partial charge in [-0.1, -0.05) is 19.4 Å². The lowest BCUT2D eigenvalue weighted by atomic mass is 9.85. The summed E-state index contributed by atoms with van der Waals surface area (Å²) in [5, 5.41) is 7.62. The fourth-order valence-corrected chi connectivity index (χ4v) is 5.36. The Morgan fingerprint density at radius 3 is 3.00 bits per heavy atom. The summed E-state index contributed by atoms with van der Waals surface area (Å²) in [6, 6.07) is 5.80. The van der Waals surface area contributed by atoms with Crippen molar-refractivity contribution in [3.63, 3.8) is 0 Å². The Kier molecular flexibility index (Phi) is 3.41. The van der Waals surface area contributed by atoms with Crippen molar-refractivity contribution in [2.45, 2.75) is 38.8 Å². The number of thiophene rings is 1. The molecule has 3 heterocycles. The highest BCUT2D eigenvalue weighted by Gasteiger charge is 2.33. The Hall–Kier alpha value is -2.21. The van der Waals surface area contributed by atoms with Crippen LogP contribution in [0.15, 0.2) is 18.2 Å². The summed E-state index contributed by atoms with van der Waals surface area (Å²) >= 11 is 1.76. The predicted molar refractivity (Wildman–Crippen MR) is 96.5 cm³/mol. The number of anilines is 1. The SMILES string of the molecule is CCC1CCc2c(sc3c2C(=O)NC(c2ccc4c(c2)OCO4)N3)C1. The van der Waals surface area contributed by atoms with Crippen molar-refractivity contribution in [3.05, 3.63) is 39.8 Å². The van der Waals surface area contributed by atoms with Gasteiger partial charge in [0.2, 0.25) is 6.79 Å². The predicted octanol–water partition coefficient (Wildman–Crippen LogP) is 3.85. The largest absolute Gasteiger partial charge is 0.454 e. The minimum Gasteiger partial charge on any atom is -0.454 e. The Morgan fingerprint density at radius 2 is 2.12 bits per heavy atom. The molecule has 2 atom stereocenters. The van der Waals surface area contributed by atoms with Crippen molar-refractivity contribution >= 4 is 22.2 Å². The molecule has 1 aliphatic carbocycles. The fraction of sp³-hybridized carbons (Fsp3) is 0.421. The smallest absolute Gasteiger partial charge is 0.256 e. The maximum absolute atomic E-state index is 12.8. The van der Waals surface area contributed by atoms with Crippen LogP contribution >= 0.6 is 11.3 Å². The van der Waals surface area contributed by atoms with Crippen molar-refractivity contribution in [1.82, 2.24) is 5.32 Å². The first-order chi connectivity index (χ1) is 12.2. The number of amides is 1. The van der Waals surface area contributed by atoms with Crippen LogP contribution in [-0.4, -0.2) is 12.7 Å². The van der Waals surface area contributed by atoms with E-state index < -0.39 is 0 Å². The number of rotatable bonds is 2. The topological polar surface area (TPSA) is 59.6 Å². The molecule has 130 valence electrons. The lowest BCUT2D eigenvalue weighted by molar-refractivity contribution is 0.0935. The van der Waals surface area contributed by atoms with Gasteiger partial charge < -0.3 is 20.1 Å². The number of nitrogens with one attached hydrogen (secondary N) is 2. The molecule has 1 amide bonds. The third-order valence-corrected chi connectivity index (χ3v) is 6.64. The summed E-state index contributed by atoms with van der Waals surface area (Å²) in [6.45, 7) is 2.51. The molecule has 0 fully saturated rings. The molecule has 0 radical (unpaired) electrons. The number of hydrogen-bond acceptors (Lipinski definition) is 5. The van der Waals surface area contributed by atoms with Crippen molar-refractivity contribution in [3.8, 4) is 11.5 Å². The van der Waals surface area contributed by atoms with Crippen LogP contribution in [-0.2, 0) is 12.8 Å². The summed E-state index contributed by atoms with van der Waals surface area (Å²) < 4.78 is 10.8. The summed E-state index contributed by atoms with van der Waals surface area (Å²) in [5.41, 5.74) is 3.10. The summed E-state index contributed by atoms with van der Waals surface area (Å²) in [5.74, 6) is 2.27. The zero-order chi connectivity index (χ0) is 17.0. The number of ether oxygens (including phenoxy) is 2. The lowest BCUT2D eigenvalue weighted by Gasteiger charge is -2.27. The highest BCUT2D eigenvalue weighted by Crippen LogP contribution is 2.43. The molecule has 25 heavy (non-hydrogen) atoms. The van der Waals surface area contributed by atoms with Gasteiger partial charge in [0.05, 0.1) is 5.56 Å². The lowest BCUT2D eigenvalue weighted by Crippen LogP contribution is -2.38. The van der Waals surface area contributed by atoms with E-state index in [1.54, 1.807) is 11.3 Å². The minimum atomic E-state index is -0.239. The molecule has 2 aromatic rings. The maximum atomic E-state index is 12.8. The normalized spacial score (nSPS) is 23.5. The molecule has 5 nitrogen and oxygen atoms in total. The van der Waals surface area contributed by atoms with Crippen LogP contribution in [0.25, 0.3) is 0 Å². The molecular weight excluding hydrogens is 336 g/mol. The molecule has 0 saturated carbocycles. The van der Waals surface area contributed by atoms with Crippen molar-refractivity contribution in [2.24, 2.45) is 5.92 Å². The van der Waals surface area contributed by atoms with Gasteiger partial charge in [-0.15, -0.1) is 11.3 Å². The van der Waals surface area contributed by atoms with Gasteiger partial charge in [-0.2, -0.15) is 0 Å². The number of fused-ring (bicyclic) bond motifs is 4. The van der Waals surface area contributed by atoms with Gasteiger partial charge in [-0.3, -0.25) is 4.79 Å². The van der Waals surface area contributed by atoms with E-state index in [-0.39, 0.29) is 18.9 Å². The Morgan fingerprint density at radius 1 is 1.24 bits per heavy atom. The van der Waals surface area contributed by atoms with Crippen molar-refractivity contribution < 1.29 is 14.3 Å². The molecule has 5 rings (SSSR count). The summed E-state index contributed by atoms with van der Waals surface area (Å²) in [7, 11) is 0. The molecule has 6 heteroatoms. The summed E-state index contributed by atoms with van der Waals surface area (Å²) in [6.07, 6.45) is 4.28. The molecular formula is C19H20N2O3S. The Labute approximate surface area is 150 Å². The number of hydrogen-bond donors (Lipinski definition) is 2. The number of carbonyl (C=O) groups is 1. The molecule has 1 aromatic carbocycles. The van der Waals surface area contributed by atoms with Crippen LogP contribution in [0.3, 0.4) is 0 Å². The average molecular weight is 356 g/mol. The van der Waals surface area contributed by atoms with Crippen LogP contribution in [0, 0.1) is 5.92 Å². The quantitative estimate of drug-likeness (QED) is 0.858. The third-order valence-electron chi connectivity index (χ3n) is 5.45. The van der Waals surface area contributed by atoms with Gasteiger partial charge in [0.15, 0.2) is 11.5 Å². The van der Waals surface area contributed by atoms with E-state index in [0.29, 0.717) is 0 Å². The maximum Gasteiger partial charge on any atom is 0.256 e. The second kappa shape index (κ2) is 5.66. The minimum absolute atomic E-state index is 0.0314. The van der Waals surface area contributed by atoms with E-state index in [9.17, 15) is 4.79 Å². The Bertz CT molecular complexity index is 861. The highest BCUT2D eigenvalue weighted by atomic mass is 32.1. The molecule has 0 bridgehead atoms. The molecule has 2 aliphatic heterocycles. The molecule has 1 aromatic heterocycles. The molecule has 0 spiro atoms. The molecule has 3 aliphatic rings. The standard InChI is InChI=1S/C19H20N2O3S/c1-2-10-3-5-12-15(7-10)25-19-16(12)18(22)20-17(21-19)11-4-6-13-14(8-11)24-9-23-13/h4,6,8,10,17,21H,2-3,5,7,9H2,1H3,(H,20,22). The second-order valence-electron chi connectivity index (χ2n) is 6.89. The summed E-state index contributed by atoms with van der Waals surface area (Å²) in [4.78, 5) is 14.2. The molecule has 2 unspecified atom stereocenters. The van der Waals surface area contributed by atoms with Crippen LogP contribution in [0.2, 0.25) is 0 Å². The van der Waals surface area contributed by atoms with Crippen molar-refractivity contribution in [2.75, 3.05) is 12.1 Å². The van der Waals surface area contributed by atoms with Crippen molar-refractivity contribution in [1.29, 1.82) is 0 Å². The average Bonchev–Trinajstić information content (AvgIpc) is 3.24. The van der Waals surface area contributed by atoms with E-state index in [2.05, 4.69) is 17.6 Å². The first-order valence-electron chi connectivity index (χ1n) is 8.84.